The van der Waals surface area contributed by atoms with E-state index in [-0.39, 0.29) is 11.7 Å². The fourth-order valence-corrected chi connectivity index (χ4v) is 2.16. The van der Waals surface area contributed by atoms with Crippen molar-refractivity contribution >= 4 is 12.0 Å². The zero-order chi connectivity index (χ0) is 18.2. The van der Waals surface area contributed by atoms with E-state index in [1.165, 1.54) is 19.7 Å². The van der Waals surface area contributed by atoms with Gasteiger partial charge in [0, 0.05) is 0 Å². The third kappa shape index (κ3) is 4.47. The molecular formula is C19H18N4O3. The van der Waals surface area contributed by atoms with Crippen molar-refractivity contribution in [2.45, 2.75) is 6.61 Å². The van der Waals surface area contributed by atoms with Gasteiger partial charge in [-0.2, -0.15) is 0 Å². The highest BCUT2D eigenvalue weighted by Crippen LogP contribution is 2.26. The zero-order valence-corrected chi connectivity index (χ0v) is 14.2. The molecule has 0 saturated heterocycles. The van der Waals surface area contributed by atoms with Crippen LogP contribution in [0.4, 0.5) is 5.82 Å². The van der Waals surface area contributed by atoms with Gasteiger partial charge in [0.05, 0.1) is 6.21 Å². The van der Waals surface area contributed by atoms with Crippen LogP contribution in [0, 0.1) is 0 Å². The van der Waals surface area contributed by atoms with Crippen LogP contribution in [0.15, 0.2) is 66.1 Å². The second kappa shape index (κ2) is 8.48. The molecule has 0 bridgehead atoms. The van der Waals surface area contributed by atoms with Gasteiger partial charge in [-0.05, 0) is 29.8 Å². The monoisotopic (exact) mass is 350 g/mol. The third-order valence-corrected chi connectivity index (χ3v) is 3.45. The Hall–Kier alpha value is -3.61. The van der Waals surface area contributed by atoms with Crippen LogP contribution in [0.3, 0.4) is 0 Å². The lowest BCUT2D eigenvalue weighted by Crippen LogP contribution is -2.02. The topological polar surface area (TPSA) is 91.9 Å². The first kappa shape index (κ1) is 17.2. The summed E-state index contributed by atoms with van der Waals surface area (Å²) in [6.45, 7) is 0.501. The predicted octanol–water partition coefficient (Wildman–Crippen LogP) is 3.41. The van der Waals surface area contributed by atoms with E-state index in [9.17, 15) is 0 Å². The van der Waals surface area contributed by atoms with Crippen LogP contribution < -0.4 is 15.2 Å². The van der Waals surface area contributed by atoms with Gasteiger partial charge in [-0.3, -0.25) is 0 Å². The van der Waals surface area contributed by atoms with Crippen LogP contribution in [0.1, 0.15) is 11.1 Å². The van der Waals surface area contributed by atoms with Crippen molar-refractivity contribution in [3.8, 4) is 17.4 Å². The molecule has 0 saturated carbocycles. The molecule has 0 atom stereocenters. The summed E-state index contributed by atoms with van der Waals surface area (Å²) in [5.41, 5.74) is 7.38. The molecule has 2 N–H and O–H groups in total. The number of ether oxygens (including phenoxy) is 2. The fraction of sp³-hybridized carbons (Fsp3) is 0.105. The second-order valence-corrected chi connectivity index (χ2v) is 5.24. The van der Waals surface area contributed by atoms with Crippen LogP contribution in [-0.4, -0.2) is 23.3 Å². The van der Waals surface area contributed by atoms with Crippen LogP contribution in [0.2, 0.25) is 0 Å². The summed E-state index contributed by atoms with van der Waals surface area (Å²) in [6.07, 6.45) is 2.73. The third-order valence-electron chi connectivity index (χ3n) is 3.45. The highest BCUT2D eigenvalue weighted by atomic mass is 16.6. The SMILES string of the molecule is CO/N=C/c1c(N)ncnc1Oc1ccc(OCc2ccccc2)cc1. The minimum atomic E-state index is 0.249. The number of benzene rings is 2. The van der Waals surface area contributed by atoms with Gasteiger partial charge in [-0.25, -0.2) is 9.97 Å². The molecule has 3 rings (SSSR count). The lowest BCUT2D eigenvalue weighted by Gasteiger charge is -2.10. The van der Waals surface area contributed by atoms with Gasteiger partial charge in [0.15, 0.2) is 0 Å². The van der Waals surface area contributed by atoms with Crippen molar-refractivity contribution in [3.63, 3.8) is 0 Å². The van der Waals surface area contributed by atoms with Gasteiger partial charge in [-0.15, -0.1) is 0 Å². The molecule has 0 unspecified atom stereocenters. The molecule has 0 aliphatic carbocycles. The molecule has 0 amide bonds. The van der Waals surface area contributed by atoms with Crippen LogP contribution in [0.25, 0.3) is 0 Å². The molecule has 132 valence electrons. The lowest BCUT2D eigenvalue weighted by atomic mass is 10.2. The van der Waals surface area contributed by atoms with Gasteiger partial charge < -0.3 is 20.0 Å². The maximum absolute atomic E-state index is 5.84. The molecule has 0 fully saturated rings. The average Bonchev–Trinajstić information content (AvgIpc) is 2.68. The Balaban J connectivity index is 1.68. The highest BCUT2D eigenvalue weighted by Gasteiger charge is 2.10. The molecule has 1 aromatic heterocycles. The Morgan fingerprint density at radius 1 is 1.00 bits per heavy atom. The Kier molecular flexibility index (Phi) is 5.61. The maximum atomic E-state index is 5.84. The van der Waals surface area contributed by atoms with Crippen molar-refractivity contribution < 1.29 is 14.3 Å². The quantitative estimate of drug-likeness (QED) is 0.518. The number of oxime groups is 1. The number of aromatic nitrogens is 2. The molecule has 7 nitrogen and oxygen atoms in total. The standard InChI is InChI=1S/C19H18N4O3/c1-24-23-11-17-18(20)21-13-22-19(17)26-16-9-7-15(8-10-16)25-12-14-5-3-2-4-6-14/h2-11,13H,12H2,1H3,(H2,20,21,22)/b23-11+. The van der Waals surface area contributed by atoms with Crippen LogP contribution in [0.5, 0.6) is 17.4 Å². The van der Waals surface area contributed by atoms with E-state index < -0.39 is 0 Å². The molecule has 0 aliphatic heterocycles. The minimum Gasteiger partial charge on any atom is -0.489 e. The Morgan fingerprint density at radius 2 is 1.73 bits per heavy atom. The van der Waals surface area contributed by atoms with Crippen molar-refractivity contribution in [1.29, 1.82) is 0 Å². The summed E-state index contributed by atoms with van der Waals surface area (Å²) < 4.78 is 11.5. The summed E-state index contributed by atoms with van der Waals surface area (Å²) in [5.74, 6) is 1.86. The number of nitrogens with two attached hydrogens (primary N) is 1. The van der Waals surface area contributed by atoms with Gasteiger partial charge >= 0.3 is 0 Å². The summed E-state index contributed by atoms with van der Waals surface area (Å²) in [7, 11) is 1.44. The number of hydrogen-bond donors (Lipinski definition) is 1. The van der Waals surface area contributed by atoms with Gasteiger partial charge in [-0.1, -0.05) is 35.5 Å². The fourth-order valence-electron chi connectivity index (χ4n) is 2.16. The van der Waals surface area contributed by atoms with Gasteiger partial charge in [0.1, 0.15) is 42.9 Å². The Bertz CT molecular complexity index is 868. The van der Waals surface area contributed by atoms with Crippen molar-refractivity contribution in [2.75, 3.05) is 12.8 Å². The molecular weight excluding hydrogens is 332 g/mol. The number of nitrogens with zero attached hydrogens (tertiary/aromatic N) is 3. The van der Waals surface area contributed by atoms with E-state index in [0.29, 0.717) is 17.9 Å². The van der Waals surface area contributed by atoms with E-state index in [2.05, 4.69) is 20.0 Å². The predicted molar refractivity (Wildman–Crippen MR) is 98.3 cm³/mol. The Morgan fingerprint density at radius 3 is 2.46 bits per heavy atom. The number of rotatable bonds is 7. The summed E-state index contributed by atoms with van der Waals surface area (Å²) in [5, 5.41) is 3.69. The van der Waals surface area contributed by atoms with Gasteiger partial charge in [0.25, 0.3) is 0 Å². The lowest BCUT2D eigenvalue weighted by molar-refractivity contribution is 0.215. The molecule has 0 aliphatic rings. The molecule has 1 heterocycles. The van der Waals surface area contributed by atoms with Crippen molar-refractivity contribution in [3.05, 3.63) is 72.1 Å². The van der Waals surface area contributed by atoms with E-state index in [4.69, 9.17) is 15.2 Å². The van der Waals surface area contributed by atoms with E-state index in [0.717, 1.165) is 11.3 Å². The van der Waals surface area contributed by atoms with Crippen LogP contribution in [-0.2, 0) is 11.4 Å². The molecule has 0 spiro atoms. The highest BCUT2D eigenvalue weighted by molar-refractivity contribution is 5.88. The minimum absolute atomic E-state index is 0.249. The summed E-state index contributed by atoms with van der Waals surface area (Å²) in [6, 6.07) is 17.2. The average molecular weight is 350 g/mol. The first-order valence-electron chi connectivity index (χ1n) is 7.88. The number of anilines is 1. The van der Waals surface area contributed by atoms with Crippen LogP contribution >= 0.6 is 0 Å². The van der Waals surface area contributed by atoms with Crippen molar-refractivity contribution in [2.24, 2.45) is 5.16 Å². The molecule has 26 heavy (non-hydrogen) atoms. The summed E-state index contributed by atoms with van der Waals surface area (Å²) >= 11 is 0. The molecule has 7 heteroatoms. The maximum Gasteiger partial charge on any atom is 0.233 e. The number of nitrogen functional groups attached to an aromatic ring is 1. The Labute approximate surface area is 151 Å². The van der Waals surface area contributed by atoms with Gasteiger partial charge in [0.2, 0.25) is 5.88 Å². The first-order valence-corrected chi connectivity index (χ1v) is 7.88. The largest absolute Gasteiger partial charge is 0.489 e. The van der Waals surface area contributed by atoms with E-state index in [1.54, 1.807) is 12.1 Å². The summed E-state index contributed by atoms with van der Waals surface area (Å²) in [4.78, 5) is 12.7. The second-order valence-electron chi connectivity index (χ2n) is 5.24. The molecule has 2 aromatic carbocycles. The van der Waals surface area contributed by atoms with E-state index >= 15 is 0 Å². The normalized spacial score (nSPS) is 10.7. The number of hydrogen-bond acceptors (Lipinski definition) is 7. The molecule has 0 radical (unpaired) electrons. The van der Waals surface area contributed by atoms with E-state index in [1.807, 2.05) is 42.5 Å². The zero-order valence-electron chi connectivity index (χ0n) is 14.2. The molecule has 3 aromatic rings. The van der Waals surface area contributed by atoms with Crippen molar-refractivity contribution in [1.82, 2.24) is 9.97 Å². The smallest absolute Gasteiger partial charge is 0.233 e. The first-order chi connectivity index (χ1) is 12.8.